The van der Waals surface area contributed by atoms with E-state index in [0.717, 1.165) is 74.4 Å². The van der Waals surface area contributed by atoms with Crippen LogP contribution in [-0.2, 0) is 4.74 Å². The van der Waals surface area contributed by atoms with Crippen LogP contribution in [0.5, 0.6) is 0 Å². The maximum absolute atomic E-state index is 6.79. The van der Waals surface area contributed by atoms with Gasteiger partial charge >= 0.3 is 0 Å². The van der Waals surface area contributed by atoms with E-state index >= 15 is 0 Å². The van der Waals surface area contributed by atoms with E-state index in [4.69, 9.17) is 14.7 Å². The van der Waals surface area contributed by atoms with Crippen LogP contribution in [0.3, 0.4) is 0 Å². The molecular weight excluding hydrogens is 651 g/mol. The smallest absolute Gasteiger partial charge is 0.196 e. The molecule has 53 heavy (non-hydrogen) atoms. The molecule has 0 fully saturated rings. The predicted molar refractivity (Wildman–Crippen MR) is 214 cm³/mol. The van der Waals surface area contributed by atoms with Crippen LogP contribution in [0.1, 0.15) is 80.1 Å². The Bertz CT molecular complexity index is 2140. The van der Waals surface area contributed by atoms with Gasteiger partial charge in [-0.25, -0.2) is 9.98 Å². The zero-order valence-electron chi connectivity index (χ0n) is 30.4. The van der Waals surface area contributed by atoms with E-state index in [1.54, 1.807) is 0 Å². The van der Waals surface area contributed by atoms with Crippen molar-refractivity contribution in [2.45, 2.75) is 75.7 Å². The Kier molecular flexibility index (Phi) is 8.27. The summed E-state index contributed by atoms with van der Waals surface area (Å²) in [6, 6.07) is 31.0. The van der Waals surface area contributed by atoms with Gasteiger partial charge in [-0.2, -0.15) is 0 Å². The van der Waals surface area contributed by atoms with Crippen LogP contribution in [0.25, 0.3) is 0 Å². The molecule has 3 aliphatic heterocycles. The number of hydrogen-bond donors (Lipinski definition) is 1. The number of anilines is 1. The third-order valence-electron chi connectivity index (χ3n) is 12.3. The number of aliphatic imine (C=N–C) groups is 2. The van der Waals surface area contributed by atoms with Gasteiger partial charge in [-0.1, -0.05) is 103 Å². The van der Waals surface area contributed by atoms with Crippen LogP contribution in [0.2, 0.25) is 0 Å². The first kappa shape index (κ1) is 32.3. The van der Waals surface area contributed by atoms with Gasteiger partial charge in [-0.05, 0) is 86.8 Å². The molecule has 0 aromatic heterocycles. The van der Waals surface area contributed by atoms with E-state index in [2.05, 4.69) is 150 Å². The Morgan fingerprint density at radius 2 is 1.53 bits per heavy atom. The predicted octanol–water partition coefficient (Wildman–Crippen LogP) is 9.86. The van der Waals surface area contributed by atoms with Crippen LogP contribution in [0.15, 0.2) is 166 Å². The van der Waals surface area contributed by atoms with Crippen molar-refractivity contribution in [1.82, 2.24) is 10.2 Å². The van der Waals surface area contributed by atoms with E-state index in [9.17, 15) is 0 Å². The highest BCUT2D eigenvalue weighted by Gasteiger charge is 2.47. The standard InChI is InChI=1S/C47H47N5O/c1-51-45(34-15-7-3-8-16-34)49-44(50-46(51)35-23-21-32(22-24-35)31-13-5-2-6-14-31)33-25-27-37(28-26-33)52-40-20-12-11-19-38(40)42-41(52)30-29-39-43(42)53-47(48-39)36-17-9-4-10-18-36/h2-3,5-9,11,13-19,21,23,25-28,32,35,38,40,45,47-48H,4,10,12,20,22,24,29-30H2,1H3. The molecule has 6 nitrogen and oxygen atoms in total. The number of hydrogen-bond acceptors (Lipinski definition) is 6. The Balaban J connectivity index is 0.962. The third-order valence-corrected chi connectivity index (χ3v) is 12.3. The Hall–Kier alpha value is -5.36. The molecule has 0 saturated carbocycles. The molecule has 3 aromatic carbocycles. The number of allylic oxidation sites excluding steroid dienone is 7. The van der Waals surface area contributed by atoms with Gasteiger partial charge in [0, 0.05) is 58.9 Å². The van der Waals surface area contributed by atoms with Gasteiger partial charge in [0.05, 0.1) is 5.70 Å². The van der Waals surface area contributed by atoms with Crippen molar-refractivity contribution in [2.24, 2.45) is 21.8 Å². The van der Waals surface area contributed by atoms with Gasteiger partial charge in [0.15, 0.2) is 12.1 Å². The Labute approximate surface area is 313 Å². The molecular formula is C47H47N5O. The fraction of sp³-hybridized carbons (Fsp3) is 0.319. The summed E-state index contributed by atoms with van der Waals surface area (Å²) in [5.74, 6) is 4.03. The molecule has 3 aromatic rings. The van der Waals surface area contributed by atoms with Crippen molar-refractivity contribution in [1.29, 1.82) is 0 Å². The summed E-state index contributed by atoms with van der Waals surface area (Å²) in [6.07, 6.45) is 24.8. The molecule has 3 heterocycles. The summed E-state index contributed by atoms with van der Waals surface area (Å²) in [5, 5.41) is 3.75. The topological polar surface area (TPSA) is 52.5 Å². The third kappa shape index (κ3) is 5.80. The monoisotopic (exact) mass is 697 g/mol. The number of nitrogens with zero attached hydrogens (tertiary/aromatic N) is 4. The molecule has 4 aliphatic carbocycles. The first-order valence-corrected chi connectivity index (χ1v) is 19.7. The lowest BCUT2D eigenvalue weighted by Gasteiger charge is -2.36. The second-order valence-electron chi connectivity index (χ2n) is 15.4. The number of fused-ring (bicyclic) bond motifs is 3. The Morgan fingerprint density at radius 3 is 2.28 bits per heavy atom. The second kappa shape index (κ2) is 13.6. The van der Waals surface area contributed by atoms with Gasteiger partial charge in [0.1, 0.15) is 17.8 Å². The lowest BCUT2D eigenvalue weighted by atomic mass is 9.83. The van der Waals surface area contributed by atoms with Crippen molar-refractivity contribution >= 4 is 17.4 Å². The van der Waals surface area contributed by atoms with Crippen molar-refractivity contribution in [3.8, 4) is 0 Å². The minimum atomic E-state index is -0.131. The van der Waals surface area contributed by atoms with Crippen LogP contribution in [0, 0.1) is 11.8 Å². The maximum Gasteiger partial charge on any atom is 0.196 e. The molecule has 0 bridgehead atoms. The van der Waals surface area contributed by atoms with Gasteiger partial charge in [-0.15, -0.1) is 0 Å². The molecule has 1 N–H and O–H groups in total. The SMILES string of the molecule is CN1C(C2C=CC(c3ccccc3)CC2)=NC(c2ccc(N3C4=C(C5=C(CC4)NC(C4=CCCC=C4)O5)C4C=CCCC43)cc2)=NC1c1ccccc1. The second-order valence-corrected chi connectivity index (χ2v) is 15.4. The minimum Gasteiger partial charge on any atom is -0.464 e. The molecule has 0 radical (unpaired) electrons. The van der Waals surface area contributed by atoms with Crippen molar-refractivity contribution < 1.29 is 4.74 Å². The molecule has 6 unspecified atom stereocenters. The van der Waals surface area contributed by atoms with E-state index in [-0.39, 0.29) is 18.3 Å². The number of rotatable bonds is 6. The average molecular weight is 698 g/mol. The van der Waals surface area contributed by atoms with Crippen LogP contribution < -0.4 is 10.2 Å². The van der Waals surface area contributed by atoms with Gasteiger partial charge in [0.2, 0.25) is 0 Å². The summed E-state index contributed by atoms with van der Waals surface area (Å²) < 4.78 is 6.79. The van der Waals surface area contributed by atoms with E-state index in [1.807, 2.05) is 0 Å². The lowest BCUT2D eigenvalue weighted by molar-refractivity contribution is 0.164. The number of ether oxygens (including phenoxy) is 1. The van der Waals surface area contributed by atoms with Crippen molar-refractivity contribution in [3.05, 3.63) is 172 Å². The molecule has 6 heteroatoms. The van der Waals surface area contributed by atoms with Crippen LogP contribution in [-0.4, -0.2) is 35.9 Å². The molecule has 0 saturated heterocycles. The summed E-state index contributed by atoms with van der Waals surface area (Å²) in [4.78, 5) is 15.6. The Morgan fingerprint density at radius 1 is 0.755 bits per heavy atom. The maximum atomic E-state index is 6.79. The first-order valence-electron chi connectivity index (χ1n) is 19.7. The van der Waals surface area contributed by atoms with E-state index < -0.39 is 0 Å². The van der Waals surface area contributed by atoms with E-state index in [1.165, 1.54) is 39.4 Å². The van der Waals surface area contributed by atoms with Crippen LogP contribution in [0.4, 0.5) is 5.69 Å². The highest BCUT2D eigenvalue weighted by atomic mass is 16.5. The van der Waals surface area contributed by atoms with Crippen molar-refractivity contribution in [3.63, 3.8) is 0 Å². The number of nitrogens with one attached hydrogen (secondary N) is 1. The number of benzene rings is 3. The first-order chi connectivity index (χ1) is 26.2. The van der Waals surface area contributed by atoms with Crippen molar-refractivity contribution in [2.75, 3.05) is 11.9 Å². The van der Waals surface area contributed by atoms with Crippen LogP contribution >= 0.6 is 0 Å². The van der Waals surface area contributed by atoms with Gasteiger partial charge in [0.25, 0.3) is 0 Å². The fourth-order valence-electron chi connectivity index (χ4n) is 9.61. The molecule has 10 rings (SSSR count). The summed E-state index contributed by atoms with van der Waals surface area (Å²) >= 11 is 0. The average Bonchev–Trinajstić information content (AvgIpc) is 3.82. The fourth-order valence-corrected chi connectivity index (χ4v) is 9.61. The molecule has 0 amide bonds. The van der Waals surface area contributed by atoms with Gasteiger partial charge < -0.3 is 19.9 Å². The summed E-state index contributed by atoms with van der Waals surface area (Å²) in [5.41, 5.74) is 10.2. The molecule has 266 valence electrons. The molecule has 6 atom stereocenters. The highest BCUT2D eigenvalue weighted by Crippen LogP contribution is 2.51. The van der Waals surface area contributed by atoms with Gasteiger partial charge in [-0.3, -0.25) is 0 Å². The quantitative estimate of drug-likeness (QED) is 0.261. The molecule has 0 spiro atoms. The van der Waals surface area contributed by atoms with E-state index in [0.29, 0.717) is 17.9 Å². The normalized spacial score (nSPS) is 28.8. The zero-order chi connectivity index (χ0) is 35.3. The molecule has 7 aliphatic rings. The summed E-state index contributed by atoms with van der Waals surface area (Å²) in [7, 11) is 2.16. The lowest BCUT2D eigenvalue weighted by Crippen LogP contribution is -2.39. The minimum absolute atomic E-state index is 0.0855. The number of amidine groups is 2. The highest BCUT2D eigenvalue weighted by molar-refractivity contribution is 6.09. The zero-order valence-corrected chi connectivity index (χ0v) is 30.4. The summed E-state index contributed by atoms with van der Waals surface area (Å²) in [6.45, 7) is 0. The largest absolute Gasteiger partial charge is 0.464 e.